The van der Waals surface area contributed by atoms with E-state index in [1.807, 2.05) is 34.1 Å². The van der Waals surface area contributed by atoms with Crippen LogP contribution in [0.1, 0.15) is 87.8 Å². The van der Waals surface area contributed by atoms with Gasteiger partial charge in [-0.1, -0.05) is 29.5 Å². The number of aliphatic hydroxyl groups is 2. The number of aryl methyl sites for hydroxylation is 1. The van der Waals surface area contributed by atoms with Crippen molar-refractivity contribution in [2.45, 2.75) is 108 Å². The maximum absolute atomic E-state index is 14.5. The Bertz CT molecular complexity index is 3260. The smallest absolute Gasteiger partial charge is 0.225 e. The second-order valence-electron chi connectivity index (χ2n) is 20.5. The number of carbonyl (C=O) groups excluding carboxylic acids is 2. The number of carbonyl (C=O) groups is 2. The molecule has 8 aromatic rings. The first kappa shape index (κ1) is 47.4. The third-order valence-corrected chi connectivity index (χ3v) is 17.4. The molecule has 6 aromatic heterocycles. The van der Waals surface area contributed by atoms with Crippen LogP contribution in [0.25, 0.3) is 55.8 Å². The zero-order chi connectivity index (χ0) is 49.6. The predicted octanol–water partition coefficient (Wildman–Crippen LogP) is 9.01. The van der Waals surface area contributed by atoms with Crippen molar-refractivity contribution in [2.24, 2.45) is 11.8 Å². The molecule has 2 unspecified atom stereocenters. The van der Waals surface area contributed by atoms with Crippen molar-refractivity contribution in [2.75, 3.05) is 36.8 Å². The molecule has 2 aromatic carbocycles. The van der Waals surface area contributed by atoms with Gasteiger partial charge in [-0.05, 0) is 146 Å². The number of thiophene rings is 2. The van der Waals surface area contributed by atoms with Crippen molar-refractivity contribution in [3.63, 3.8) is 0 Å². The summed E-state index contributed by atoms with van der Waals surface area (Å²) in [6, 6.07) is 20.7. The Morgan fingerprint density at radius 2 is 1.37 bits per heavy atom. The molecular formula is C55H60N12O4S2. The van der Waals surface area contributed by atoms with Gasteiger partial charge < -0.3 is 35.2 Å². The fourth-order valence-electron chi connectivity index (χ4n) is 11.7. The van der Waals surface area contributed by atoms with Crippen LogP contribution in [0, 0.1) is 18.8 Å². The number of nitrogens with one attached hydrogen (secondary N) is 2. The van der Waals surface area contributed by atoms with E-state index >= 15 is 0 Å². The molecule has 2 saturated carbocycles. The minimum atomic E-state index is -0.694. The van der Waals surface area contributed by atoms with E-state index in [0.717, 1.165) is 84.4 Å². The van der Waals surface area contributed by atoms with Gasteiger partial charge in [0.1, 0.15) is 11.3 Å². The van der Waals surface area contributed by atoms with Gasteiger partial charge in [0, 0.05) is 91.5 Å². The molecule has 8 heterocycles. The van der Waals surface area contributed by atoms with Crippen LogP contribution >= 0.6 is 22.7 Å². The van der Waals surface area contributed by atoms with Gasteiger partial charge in [0.2, 0.25) is 23.7 Å². The van der Waals surface area contributed by atoms with Crippen molar-refractivity contribution in [1.29, 1.82) is 0 Å². The van der Waals surface area contributed by atoms with Crippen LogP contribution in [0.5, 0.6) is 0 Å². The van der Waals surface area contributed by atoms with Gasteiger partial charge in [0.15, 0.2) is 5.82 Å². The van der Waals surface area contributed by atoms with E-state index in [9.17, 15) is 19.8 Å². The lowest BCUT2D eigenvalue weighted by Crippen LogP contribution is -2.48. The largest absolute Gasteiger partial charge is 0.393 e. The molecule has 2 amide bonds. The van der Waals surface area contributed by atoms with E-state index < -0.39 is 12.0 Å². The average Bonchev–Trinajstić information content (AvgIpc) is 4.27. The van der Waals surface area contributed by atoms with Crippen molar-refractivity contribution in [3.05, 3.63) is 106 Å². The standard InChI is InChI=1S/C55H60N12O4S2/c1-33-30-73-32-44(33)41-5-3-6-46-42(41)19-26-66(46)50-28-45(59-55(61-50)58-38-14-8-34(9-15-38)52(70)64-23-17-39(68)18-24-64)43-29-65(25-20-48(43)69)53(71)35-10-12-37(13-11-35)57-54-56-22-16-49(60-54)67-47-7-2-4-40(51(47)62-63-67)36-21-27-72-31-36/h2-7,16,19,21-22,26-28,30-32,34-35,37-39,43,48,68-69H,8-15,17-18,20,23-25,29H2,1H3,(H,56,57,60)(H,58,59,61). The monoisotopic (exact) mass is 1020 g/mol. The number of hydrogen-bond donors (Lipinski definition) is 4. The molecule has 2 aliphatic carbocycles. The van der Waals surface area contributed by atoms with E-state index in [-0.39, 0.29) is 41.8 Å². The summed E-state index contributed by atoms with van der Waals surface area (Å²) < 4.78 is 3.86. The summed E-state index contributed by atoms with van der Waals surface area (Å²) in [6.45, 7) is 4.22. The van der Waals surface area contributed by atoms with Crippen LogP contribution in [0.2, 0.25) is 0 Å². The molecule has 2 aliphatic heterocycles. The third kappa shape index (κ3) is 9.61. The Hall–Kier alpha value is -6.60. The second kappa shape index (κ2) is 20.4. The van der Waals surface area contributed by atoms with Gasteiger partial charge in [-0.25, -0.2) is 9.97 Å². The van der Waals surface area contributed by atoms with Crippen LogP contribution in [0.15, 0.2) is 94.6 Å². The van der Waals surface area contributed by atoms with Crippen LogP contribution in [-0.4, -0.2) is 122 Å². The number of amides is 2. The SMILES string of the molecule is Cc1cscc1-c1cccc2c1ccn2-c1cc(C2CN(C(=O)C3CCC(Nc4nccc(-n5nnc6c(-c7ccsc7)cccc65)n4)CC3)CCC2O)nc(NC2CCC(C(=O)N3CCC(O)CC3)CC2)n1. The maximum atomic E-state index is 14.5. The lowest BCUT2D eigenvalue weighted by molar-refractivity contribution is -0.139. The van der Waals surface area contributed by atoms with Gasteiger partial charge in [0.25, 0.3) is 0 Å². The summed E-state index contributed by atoms with van der Waals surface area (Å²) in [7, 11) is 0. The summed E-state index contributed by atoms with van der Waals surface area (Å²) in [6.07, 6.45) is 10.7. The Labute approximate surface area is 431 Å². The van der Waals surface area contributed by atoms with E-state index in [1.165, 1.54) is 16.7 Å². The minimum Gasteiger partial charge on any atom is -0.393 e. The first-order valence-corrected chi connectivity index (χ1v) is 27.8. The average molecular weight is 1020 g/mol. The molecule has 2 atom stereocenters. The van der Waals surface area contributed by atoms with Crippen molar-refractivity contribution >= 4 is 68.3 Å². The van der Waals surface area contributed by atoms with E-state index in [2.05, 4.69) is 102 Å². The normalized spacial score (nSPS) is 23.0. The number of aromatic nitrogens is 8. The van der Waals surface area contributed by atoms with Gasteiger partial charge in [-0.3, -0.25) is 9.59 Å². The number of aliphatic hydroxyl groups excluding tert-OH is 2. The van der Waals surface area contributed by atoms with E-state index in [1.54, 1.807) is 33.6 Å². The Morgan fingerprint density at radius 3 is 2.10 bits per heavy atom. The molecule has 12 rings (SSSR count). The fraction of sp³-hybridized carbons (Fsp3) is 0.418. The maximum Gasteiger partial charge on any atom is 0.225 e. The van der Waals surface area contributed by atoms with E-state index in [4.69, 9.17) is 15.0 Å². The number of likely N-dealkylation sites (tertiary alicyclic amines) is 2. The van der Waals surface area contributed by atoms with Crippen molar-refractivity contribution < 1.29 is 19.8 Å². The summed E-state index contributed by atoms with van der Waals surface area (Å²) in [5.74, 6) is 2.05. The number of piperidine rings is 2. The number of rotatable bonds is 11. The Kier molecular flexibility index (Phi) is 13.2. The van der Waals surface area contributed by atoms with Crippen LogP contribution in [0.3, 0.4) is 0 Å². The highest BCUT2D eigenvalue weighted by Gasteiger charge is 2.38. The molecule has 16 nitrogen and oxygen atoms in total. The molecule has 376 valence electrons. The summed E-state index contributed by atoms with van der Waals surface area (Å²) in [5.41, 5.74) is 9.15. The van der Waals surface area contributed by atoms with Crippen LogP contribution in [0.4, 0.5) is 11.9 Å². The van der Waals surface area contributed by atoms with E-state index in [0.29, 0.717) is 74.7 Å². The van der Waals surface area contributed by atoms with Crippen LogP contribution < -0.4 is 10.6 Å². The molecule has 4 fully saturated rings. The number of nitrogens with zero attached hydrogens (tertiary/aromatic N) is 10. The predicted molar refractivity (Wildman–Crippen MR) is 285 cm³/mol. The summed E-state index contributed by atoms with van der Waals surface area (Å²) >= 11 is 3.35. The minimum absolute atomic E-state index is 0.0274. The molecule has 4 aliphatic rings. The molecular weight excluding hydrogens is 957 g/mol. The lowest BCUT2D eigenvalue weighted by Gasteiger charge is -2.39. The third-order valence-electron chi connectivity index (χ3n) is 15.9. The van der Waals surface area contributed by atoms with Gasteiger partial charge in [-0.2, -0.15) is 37.3 Å². The highest BCUT2D eigenvalue weighted by atomic mass is 32.1. The number of anilines is 2. The number of hydrogen-bond acceptors (Lipinski definition) is 14. The number of benzene rings is 2. The van der Waals surface area contributed by atoms with Gasteiger partial charge in [0.05, 0.1) is 28.9 Å². The molecule has 0 bridgehead atoms. The molecule has 0 radical (unpaired) electrons. The number of fused-ring (bicyclic) bond motifs is 2. The zero-order valence-corrected chi connectivity index (χ0v) is 42.5. The topological polar surface area (TPSA) is 192 Å². The highest BCUT2D eigenvalue weighted by molar-refractivity contribution is 7.08. The lowest BCUT2D eigenvalue weighted by atomic mass is 9.84. The Morgan fingerprint density at radius 1 is 0.671 bits per heavy atom. The second-order valence-corrected chi connectivity index (χ2v) is 22.0. The van der Waals surface area contributed by atoms with Gasteiger partial charge in [-0.15, -0.1) is 5.10 Å². The summed E-state index contributed by atoms with van der Waals surface area (Å²) in [5, 5.41) is 47.7. The molecule has 73 heavy (non-hydrogen) atoms. The quantitative estimate of drug-likeness (QED) is 0.0963. The zero-order valence-electron chi connectivity index (χ0n) is 40.9. The van der Waals surface area contributed by atoms with Crippen molar-refractivity contribution in [1.82, 2.24) is 49.3 Å². The van der Waals surface area contributed by atoms with Crippen molar-refractivity contribution in [3.8, 4) is 33.9 Å². The molecule has 2 saturated heterocycles. The van der Waals surface area contributed by atoms with Gasteiger partial charge >= 0.3 is 0 Å². The Balaban J connectivity index is 0.742. The molecule has 0 spiro atoms. The highest BCUT2D eigenvalue weighted by Crippen LogP contribution is 2.38. The van der Waals surface area contributed by atoms with Crippen LogP contribution in [-0.2, 0) is 9.59 Å². The fourth-order valence-corrected chi connectivity index (χ4v) is 13.2. The first-order valence-electron chi connectivity index (χ1n) is 25.9. The molecule has 4 N–H and O–H groups in total. The molecule has 18 heteroatoms. The summed E-state index contributed by atoms with van der Waals surface area (Å²) in [4.78, 5) is 51.5. The first-order chi connectivity index (χ1) is 35.7.